The van der Waals surface area contributed by atoms with Crippen LogP contribution in [0, 0.1) is 6.92 Å². The van der Waals surface area contributed by atoms with Crippen LogP contribution in [0.15, 0.2) is 30.5 Å². The molecular formula is C17H20ClF3N4O. The largest absolute Gasteiger partial charge is 0.434 e. The van der Waals surface area contributed by atoms with Crippen molar-refractivity contribution in [2.24, 2.45) is 0 Å². The van der Waals surface area contributed by atoms with Crippen molar-refractivity contribution in [3.63, 3.8) is 0 Å². The number of rotatable bonds is 3. The lowest BCUT2D eigenvalue weighted by atomic mass is 10.1. The summed E-state index contributed by atoms with van der Waals surface area (Å²) in [6.45, 7) is 3.11. The molecule has 5 nitrogen and oxygen atoms in total. The molecular weight excluding hydrogens is 369 g/mol. The topological polar surface area (TPSA) is 59.0 Å². The van der Waals surface area contributed by atoms with Crippen LogP contribution in [-0.4, -0.2) is 34.8 Å². The fourth-order valence-corrected chi connectivity index (χ4v) is 3.01. The van der Waals surface area contributed by atoms with Gasteiger partial charge in [-0.25, -0.2) is 4.68 Å². The highest BCUT2D eigenvalue weighted by Crippen LogP contribution is 2.34. The maximum absolute atomic E-state index is 13.6. The lowest BCUT2D eigenvalue weighted by molar-refractivity contribution is -0.143. The van der Waals surface area contributed by atoms with Gasteiger partial charge in [0.1, 0.15) is 0 Å². The number of halogens is 4. The summed E-state index contributed by atoms with van der Waals surface area (Å²) in [5, 5.41) is 9.64. The number of carbonyl (C=O) groups is 1. The van der Waals surface area contributed by atoms with Crippen LogP contribution in [0.3, 0.4) is 0 Å². The molecule has 1 atom stereocenters. The summed E-state index contributed by atoms with van der Waals surface area (Å²) in [5.74, 6) is -0.749. The van der Waals surface area contributed by atoms with Crippen LogP contribution >= 0.6 is 12.4 Å². The first-order chi connectivity index (χ1) is 11.9. The van der Waals surface area contributed by atoms with Gasteiger partial charge in [0.15, 0.2) is 5.69 Å². The highest BCUT2D eigenvalue weighted by molar-refractivity contribution is 5.95. The molecule has 2 N–H and O–H groups in total. The van der Waals surface area contributed by atoms with Crippen molar-refractivity contribution >= 4 is 18.3 Å². The van der Waals surface area contributed by atoms with Crippen LogP contribution in [0.2, 0.25) is 0 Å². The van der Waals surface area contributed by atoms with Gasteiger partial charge in [-0.3, -0.25) is 4.79 Å². The van der Waals surface area contributed by atoms with Gasteiger partial charge in [-0.2, -0.15) is 18.3 Å². The van der Waals surface area contributed by atoms with Gasteiger partial charge in [0.25, 0.3) is 5.91 Å². The van der Waals surface area contributed by atoms with Gasteiger partial charge in [-0.15, -0.1) is 12.4 Å². The summed E-state index contributed by atoms with van der Waals surface area (Å²) in [4.78, 5) is 12.4. The van der Waals surface area contributed by atoms with Crippen LogP contribution in [-0.2, 0) is 6.18 Å². The fraction of sp³-hybridized carbons (Fsp3) is 0.412. The number of aromatic nitrogens is 2. The Morgan fingerprint density at radius 2 is 2.08 bits per heavy atom. The molecule has 26 heavy (non-hydrogen) atoms. The summed E-state index contributed by atoms with van der Waals surface area (Å²) in [5.41, 5.74) is -0.572. The lowest BCUT2D eigenvalue weighted by Crippen LogP contribution is -2.45. The summed E-state index contributed by atoms with van der Waals surface area (Å²) in [6, 6.07) is 6.44. The van der Waals surface area contributed by atoms with Crippen molar-refractivity contribution in [3.8, 4) is 5.69 Å². The minimum Gasteiger partial charge on any atom is -0.348 e. The number of carbonyl (C=O) groups excluding carboxylic acids is 1. The highest BCUT2D eigenvalue weighted by Gasteiger charge is 2.41. The van der Waals surface area contributed by atoms with Crippen molar-refractivity contribution < 1.29 is 18.0 Å². The first-order valence-corrected chi connectivity index (χ1v) is 8.10. The summed E-state index contributed by atoms with van der Waals surface area (Å²) in [6.07, 6.45) is -2.09. The second-order valence-electron chi connectivity index (χ2n) is 6.12. The van der Waals surface area contributed by atoms with E-state index in [0.717, 1.165) is 30.3 Å². The van der Waals surface area contributed by atoms with Gasteiger partial charge < -0.3 is 10.6 Å². The Bertz CT molecular complexity index is 770. The smallest absolute Gasteiger partial charge is 0.348 e. The number of aryl methyl sites for hydroxylation is 1. The third kappa shape index (κ3) is 4.19. The molecule has 9 heteroatoms. The second kappa shape index (κ2) is 8.09. The molecule has 0 radical (unpaired) electrons. The molecule has 2 aromatic rings. The van der Waals surface area contributed by atoms with Crippen molar-refractivity contribution in [1.29, 1.82) is 0 Å². The third-order valence-corrected chi connectivity index (χ3v) is 4.26. The number of amides is 1. The van der Waals surface area contributed by atoms with Crippen molar-refractivity contribution in [3.05, 3.63) is 47.3 Å². The zero-order valence-electron chi connectivity index (χ0n) is 14.1. The molecule has 2 heterocycles. The molecule has 0 aliphatic carbocycles. The Labute approximate surface area is 155 Å². The van der Waals surface area contributed by atoms with Crippen LogP contribution < -0.4 is 10.6 Å². The monoisotopic (exact) mass is 388 g/mol. The van der Waals surface area contributed by atoms with Crippen molar-refractivity contribution in [2.75, 3.05) is 13.1 Å². The predicted molar refractivity (Wildman–Crippen MR) is 93.9 cm³/mol. The minimum absolute atomic E-state index is 0. The Kier molecular flexibility index (Phi) is 6.30. The number of benzene rings is 1. The van der Waals surface area contributed by atoms with Gasteiger partial charge in [-0.05, 0) is 37.9 Å². The van der Waals surface area contributed by atoms with E-state index in [0.29, 0.717) is 17.8 Å². The van der Waals surface area contributed by atoms with E-state index >= 15 is 0 Å². The number of para-hydroxylation sites is 1. The zero-order valence-corrected chi connectivity index (χ0v) is 15.0. The Morgan fingerprint density at radius 1 is 1.35 bits per heavy atom. The van der Waals surface area contributed by atoms with Gasteiger partial charge in [-0.1, -0.05) is 18.2 Å². The molecule has 1 amide bonds. The maximum atomic E-state index is 13.6. The third-order valence-electron chi connectivity index (χ3n) is 4.26. The zero-order chi connectivity index (χ0) is 18.0. The molecule has 0 saturated carbocycles. The molecule has 1 saturated heterocycles. The van der Waals surface area contributed by atoms with Gasteiger partial charge in [0.05, 0.1) is 17.4 Å². The molecule has 1 fully saturated rings. The van der Waals surface area contributed by atoms with Crippen molar-refractivity contribution in [2.45, 2.75) is 32.0 Å². The minimum atomic E-state index is -4.70. The SMILES string of the molecule is Cc1ccccc1-n1ncc(C(=O)N[C@H]2CCCNC2)c1C(F)(F)F.Cl. The van der Waals surface area contributed by atoms with E-state index in [-0.39, 0.29) is 18.4 Å². The van der Waals surface area contributed by atoms with E-state index in [2.05, 4.69) is 15.7 Å². The number of nitrogens with one attached hydrogen (secondary N) is 2. The number of nitrogens with zero attached hydrogens (tertiary/aromatic N) is 2. The predicted octanol–water partition coefficient (Wildman–Crippen LogP) is 3.10. The maximum Gasteiger partial charge on any atom is 0.434 e. The number of hydrogen-bond acceptors (Lipinski definition) is 3. The van der Waals surface area contributed by atoms with E-state index in [9.17, 15) is 18.0 Å². The van der Waals surface area contributed by atoms with E-state index in [1.165, 1.54) is 0 Å². The van der Waals surface area contributed by atoms with Crippen LogP contribution in [0.5, 0.6) is 0 Å². The average molecular weight is 389 g/mol. The first-order valence-electron chi connectivity index (χ1n) is 8.10. The lowest BCUT2D eigenvalue weighted by Gasteiger charge is -2.24. The van der Waals surface area contributed by atoms with Gasteiger partial charge >= 0.3 is 6.18 Å². The Hall–Kier alpha value is -2.06. The normalized spacial score (nSPS) is 17.5. The summed E-state index contributed by atoms with van der Waals surface area (Å²) >= 11 is 0. The summed E-state index contributed by atoms with van der Waals surface area (Å²) < 4.78 is 41.7. The molecule has 0 unspecified atom stereocenters. The number of piperidine rings is 1. The number of alkyl halides is 3. The van der Waals surface area contributed by atoms with Crippen molar-refractivity contribution in [1.82, 2.24) is 20.4 Å². The molecule has 0 spiro atoms. The van der Waals surface area contributed by atoms with Gasteiger partial charge in [0.2, 0.25) is 0 Å². The second-order valence-corrected chi connectivity index (χ2v) is 6.12. The number of hydrogen-bond donors (Lipinski definition) is 2. The quantitative estimate of drug-likeness (QED) is 0.849. The molecule has 1 aliphatic heterocycles. The van der Waals surface area contributed by atoms with Crippen LogP contribution in [0.4, 0.5) is 13.2 Å². The first kappa shape index (κ1) is 20.3. The average Bonchev–Trinajstić information content (AvgIpc) is 3.01. The Balaban J connectivity index is 0.00000243. The van der Waals surface area contributed by atoms with Crippen LogP contribution in [0.1, 0.15) is 34.5 Å². The summed E-state index contributed by atoms with van der Waals surface area (Å²) in [7, 11) is 0. The molecule has 1 aliphatic rings. The molecule has 0 bridgehead atoms. The Morgan fingerprint density at radius 3 is 2.69 bits per heavy atom. The molecule has 1 aromatic carbocycles. The van der Waals surface area contributed by atoms with Crippen LogP contribution in [0.25, 0.3) is 5.69 Å². The van der Waals surface area contributed by atoms with E-state index in [4.69, 9.17) is 0 Å². The fourth-order valence-electron chi connectivity index (χ4n) is 3.01. The van der Waals surface area contributed by atoms with E-state index in [1.807, 2.05) is 0 Å². The van der Waals surface area contributed by atoms with E-state index in [1.54, 1.807) is 31.2 Å². The van der Waals surface area contributed by atoms with Gasteiger partial charge in [0, 0.05) is 12.6 Å². The molecule has 3 rings (SSSR count). The highest BCUT2D eigenvalue weighted by atomic mass is 35.5. The standard InChI is InChI=1S/C17H19F3N4O.ClH/c1-11-5-2-3-7-14(11)24-15(17(18,19)20)13(10-22-24)16(25)23-12-6-4-8-21-9-12;/h2-3,5,7,10,12,21H,4,6,8-9H2,1H3,(H,23,25);1H/t12-;/m0./s1. The van der Waals surface area contributed by atoms with E-state index < -0.39 is 23.3 Å². The molecule has 142 valence electrons. The molecule has 1 aromatic heterocycles.